The molecule has 0 saturated carbocycles. The Morgan fingerprint density at radius 1 is 1.41 bits per heavy atom. The van der Waals surface area contributed by atoms with Crippen molar-refractivity contribution >= 4 is 17.4 Å². The molecule has 2 amide bonds. The van der Waals surface area contributed by atoms with Gasteiger partial charge in [0.25, 0.3) is 0 Å². The van der Waals surface area contributed by atoms with Crippen molar-refractivity contribution in [3.8, 4) is 0 Å². The molecule has 0 unspecified atom stereocenters. The molecule has 0 spiro atoms. The van der Waals surface area contributed by atoms with E-state index < -0.39 is 0 Å². The largest absolute Gasteiger partial charge is 0.329 e. The maximum absolute atomic E-state index is 12.5. The fourth-order valence-corrected chi connectivity index (χ4v) is 3.79. The molecule has 4 nitrogen and oxygen atoms in total. The van der Waals surface area contributed by atoms with E-state index in [0.29, 0.717) is 12.0 Å². The number of urea groups is 1. The molecule has 1 aliphatic heterocycles. The van der Waals surface area contributed by atoms with Gasteiger partial charge in [-0.25, -0.2) is 9.78 Å². The molecule has 0 radical (unpaired) electrons. The van der Waals surface area contributed by atoms with Crippen LogP contribution in [0.15, 0.2) is 5.38 Å². The van der Waals surface area contributed by atoms with E-state index in [1.54, 1.807) is 11.3 Å². The van der Waals surface area contributed by atoms with Crippen molar-refractivity contribution < 1.29 is 4.79 Å². The van der Waals surface area contributed by atoms with Crippen molar-refractivity contribution in [3.63, 3.8) is 0 Å². The molecule has 22 heavy (non-hydrogen) atoms. The van der Waals surface area contributed by atoms with Crippen LogP contribution in [0.1, 0.15) is 71.1 Å². The van der Waals surface area contributed by atoms with E-state index in [2.05, 4.69) is 45.3 Å². The highest BCUT2D eigenvalue weighted by atomic mass is 32.1. The Bertz CT molecular complexity index is 520. The van der Waals surface area contributed by atoms with Crippen molar-refractivity contribution in [3.05, 3.63) is 16.1 Å². The van der Waals surface area contributed by atoms with Crippen LogP contribution in [0.5, 0.6) is 0 Å². The van der Waals surface area contributed by atoms with E-state index in [-0.39, 0.29) is 17.5 Å². The number of likely N-dealkylation sites (tertiary alicyclic amines) is 1. The van der Waals surface area contributed by atoms with Gasteiger partial charge >= 0.3 is 6.03 Å². The number of nitrogens with zero attached hydrogens (tertiary/aromatic N) is 2. The number of amides is 2. The van der Waals surface area contributed by atoms with E-state index in [9.17, 15) is 4.79 Å². The van der Waals surface area contributed by atoms with Gasteiger partial charge in [0.15, 0.2) is 0 Å². The first-order valence-electron chi connectivity index (χ1n) is 8.21. The number of nitrogens with one attached hydrogen (secondary N) is 1. The Morgan fingerprint density at radius 2 is 2.09 bits per heavy atom. The second-order valence-corrected chi connectivity index (χ2v) is 8.57. The number of rotatable bonds is 2. The molecule has 1 aliphatic rings. The van der Waals surface area contributed by atoms with Crippen LogP contribution in [0.2, 0.25) is 0 Å². The molecule has 1 saturated heterocycles. The summed E-state index contributed by atoms with van der Waals surface area (Å²) in [5, 5.41) is 6.20. The Hall–Kier alpha value is -1.10. The summed E-state index contributed by atoms with van der Waals surface area (Å²) < 4.78 is 0. The van der Waals surface area contributed by atoms with Crippen molar-refractivity contribution in [2.45, 2.75) is 71.9 Å². The molecule has 2 rings (SSSR count). The highest BCUT2D eigenvalue weighted by molar-refractivity contribution is 7.09. The van der Waals surface area contributed by atoms with Gasteiger partial charge in [0.2, 0.25) is 0 Å². The first-order valence-corrected chi connectivity index (χ1v) is 9.09. The van der Waals surface area contributed by atoms with Crippen molar-refractivity contribution in [2.24, 2.45) is 5.92 Å². The lowest BCUT2D eigenvalue weighted by atomic mass is 9.93. The van der Waals surface area contributed by atoms with E-state index >= 15 is 0 Å². The third-order valence-corrected chi connectivity index (χ3v) is 5.41. The van der Waals surface area contributed by atoms with Gasteiger partial charge in [-0.2, -0.15) is 0 Å². The van der Waals surface area contributed by atoms with Crippen LogP contribution in [0.3, 0.4) is 0 Å². The first-order chi connectivity index (χ1) is 10.2. The highest BCUT2D eigenvalue weighted by Gasteiger charge is 2.28. The predicted octanol–water partition coefficient (Wildman–Crippen LogP) is 4.33. The van der Waals surface area contributed by atoms with Crippen LogP contribution in [-0.2, 0) is 5.41 Å². The number of thiazole rings is 1. The Kier molecular flexibility index (Phi) is 5.15. The van der Waals surface area contributed by atoms with Crippen LogP contribution in [-0.4, -0.2) is 28.5 Å². The normalized spacial score (nSPS) is 24.2. The van der Waals surface area contributed by atoms with Gasteiger partial charge < -0.3 is 10.2 Å². The molecular formula is C17H29N3OS. The maximum Gasteiger partial charge on any atom is 0.318 e. The van der Waals surface area contributed by atoms with E-state index in [0.717, 1.165) is 23.7 Å². The SMILES string of the molecule is C[C@@H]1CC[C@H](C)N(C(=O)N[C@@H](C)c2nc(C(C)(C)C)cs2)C1. The van der Waals surface area contributed by atoms with E-state index in [1.807, 2.05) is 11.8 Å². The number of carbonyl (C=O) groups excluding carboxylic acids is 1. The lowest BCUT2D eigenvalue weighted by molar-refractivity contribution is 0.134. The second kappa shape index (κ2) is 6.57. The Labute approximate surface area is 138 Å². The summed E-state index contributed by atoms with van der Waals surface area (Å²) >= 11 is 1.63. The van der Waals surface area contributed by atoms with E-state index in [1.165, 1.54) is 6.42 Å². The third kappa shape index (κ3) is 4.00. The Morgan fingerprint density at radius 3 is 2.68 bits per heavy atom. The lowest BCUT2D eigenvalue weighted by Gasteiger charge is -2.37. The monoisotopic (exact) mass is 323 g/mol. The molecule has 0 aromatic carbocycles. The maximum atomic E-state index is 12.5. The Balaban J connectivity index is 2.00. The smallest absolute Gasteiger partial charge is 0.318 e. The van der Waals surface area contributed by atoms with Gasteiger partial charge in [-0.15, -0.1) is 11.3 Å². The summed E-state index contributed by atoms with van der Waals surface area (Å²) in [6, 6.07) is 0.321. The molecule has 1 N–H and O–H groups in total. The van der Waals surface area contributed by atoms with Gasteiger partial charge in [0, 0.05) is 23.4 Å². The summed E-state index contributed by atoms with van der Waals surface area (Å²) in [4.78, 5) is 19.2. The summed E-state index contributed by atoms with van der Waals surface area (Å²) in [7, 11) is 0. The minimum Gasteiger partial charge on any atom is -0.329 e. The zero-order valence-electron chi connectivity index (χ0n) is 14.6. The van der Waals surface area contributed by atoms with Crippen LogP contribution >= 0.6 is 11.3 Å². The molecule has 124 valence electrons. The van der Waals surface area contributed by atoms with Crippen molar-refractivity contribution in [1.82, 2.24) is 15.2 Å². The number of carbonyl (C=O) groups is 1. The third-order valence-electron chi connectivity index (χ3n) is 4.38. The van der Waals surface area contributed by atoms with Crippen molar-refractivity contribution in [2.75, 3.05) is 6.54 Å². The molecule has 0 aliphatic carbocycles. The van der Waals surface area contributed by atoms with Crippen LogP contribution in [0.4, 0.5) is 4.79 Å². The van der Waals surface area contributed by atoms with Gasteiger partial charge in [-0.3, -0.25) is 0 Å². The number of hydrogen-bond acceptors (Lipinski definition) is 3. The van der Waals surface area contributed by atoms with Gasteiger partial charge in [0.05, 0.1) is 11.7 Å². The van der Waals surface area contributed by atoms with Gasteiger partial charge in [-0.05, 0) is 32.6 Å². The zero-order valence-corrected chi connectivity index (χ0v) is 15.5. The fraction of sp³-hybridized carbons (Fsp3) is 0.765. The predicted molar refractivity (Wildman–Crippen MR) is 92.3 cm³/mol. The molecular weight excluding hydrogens is 294 g/mol. The van der Waals surface area contributed by atoms with Crippen LogP contribution in [0.25, 0.3) is 0 Å². The molecule has 5 heteroatoms. The molecule has 2 heterocycles. The minimum absolute atomic E-state index is 0.0408. The first kappa shape index (κ1) is 17.3. The van der Waals surface area contributed by atoms with Crippen LogP contribution in [0, 0.1) is 5.92 Å². The highest BCUT2D eigenvalue weighted by Crippen LogP contribution is 2.27. The van der Waals surface area contributed by atoms with Crippen molar-refractivity contribution in [1.29, 1.82) is 0 Å². The topological polar surface area (TPSA) is 45.2 Å². The summed E-state index contributed by atoms with van der Waals surface area (Å²) in [6.45, 7) is 13.7. The minimum atomic E-state index is -0.0435. The number of hydrogen-bond donors (Lipinski definition) is 1. The standard InChI is InChI=1S/C17H29N3OS/c1-11-7-8-12(2)20(9-11)16(21)18-13(3)15-19-14(10-22-15)17(4,5)6/h10-13H,7-9H2,1-6H3,(H,18,21)/t11-,12+,13+/m1/s1. The van der Waals surface area contributed by atoms with Gasteiger partial charge in [0.1, 0.15) is 5.01 Å². The van der Waals surface area contributed by atoms with Crippen LogP contribution < -0.4 is 5.32 Å². The average molecular weight is 324 g/mol. The average Bonchev–Trinajstić information content (AvgIpc) is 2.91. The molecule has 1 aromatic rings. The van der Waals surface area contributed by atoms with Gasteiger partial charge in [-0.1, -0.05) is 27.7 Å². The quantitative estimate of drug-likeness (QED) is 0.880. The fourth-order valence-electron chi connectivity index (χ4n) is 2.73. The summed E-state index contributed by atoms with van der Waals surface area (Å²) in [5.74, 6) is 0.588. The second-order valence-electron chi connectivity index (χ2n) is 7.68. The molecule has 0 bridgehead atoms. The molecule has 3 atom stereocenters. The molecule has 1 aromatic heterocycles. The number of aromatic nitrogens is 1. The van der Waals surface area contributed by atoms with E-state index in [4.69, 9.17) is 4.98 Å². The summed E-state index contributed by atoms with van der Waals surface area (Å²) in [6.07, 6.45) is 2.30. The number of piperidine rings is 1. The summed E-state index contributed by atoms with van der Waals surface area (Å²) in [5.41, 5.74) is 1.14. The molecule has 1 fully saturated rings. The zero-order chi connectivity index (χ0) is 16.5. The lowest BCUT2D eigenvalue weighted by Crippen LogP contribution is -2.50.